The Morgan fingerprint density at radius 1 is 1.73 bits per heavy atom. The number of aryl methyl sites for hydroxylation is 1. The van der Waals surface area contributed by atoms with Crippen molar-refractivity contribution in [2.24, 2.45) is 0 Å². The molecule has 0 radical (unpaired) electrons. The van der Waals surface area contributed by atoms with Crippen molar-refractivity contribution in [3.8, 4) is 6.07 Å². The molecule has 1 rings (SSSR count). The second-order valence-electron chi connectivity index (χ2n) is 2.00. The van der Waals surface area contributed by atoms with Gasteiger partial charge >= 0.3 is 0 Å². The SMILES string of the molecule is Cc1nc(C#N)cc(I)c1F. The van der Waals surface area contributed by atoms with Gasteiger partial charge in [-0.2, -0.15) is 5.26 Å². The number of aromatic nitrogens is 1. The summed E-state index contributed by atoms with van der Waals surface area (Å²) in [5, 5.41) is 8.44. The Kier molecular flexibility index (Phi) is 2.39. The average molecular weight is 262 g/mol. The molecule has 1 aromatic rings. The normalized spacial score (nSPS) is 9.27. The zero-order valence-corrected chi connectivity index (χ0v) is 7.89. The van der Waals surface area contributed by atoms with Crippen molar-refractivity contribution in [1.29, 1.82) is 5.26 Å². The lowest BCUT2D eigenvalue weighted by molar-refractivity contribution is 0.601. The molecule has 0 bridgehead atoms. The van der Waals surface area contributed by atoms with Gasteiger partial charge in [-0.3, -0.25) is 0 Å². The second-order valence-corrected chi connectivity index (χ2v) is 3.16. The molecule has 11 heavy (non-hydrogen) atoms. The van der Waals surface area contributed by atoms with E-state index in [-0.39, 0.29) is 17.2 Å². The largest absolute Gasteiger partial charge is 0.239 e. The summed E-state index contributed by atoms with van der Waals surface area (Å²) in [6.07, 6.45) is 0. The molecule has 56 valence electrons. The summed E-state index contributed by atoms with van der Waals surface area (Å²) in [5.41, 5.74) is 0.529. The first kappa shape index (κ1) is 8.40. The van der Waals surface area contributed by atoms with Gasteiger partial charge in [0.05, 0.1) is 9.26 Å². The van der Waals surface area contributed by atoms with Crippen LogP contribution in [0.1, 0.15) is 11.4 Å². The van der Waals surface area contributed by atoms with Gasteiger partial charge in [0.1, 0.15) is 11.8 Å². The van der Waals surface area contributed by atoms with Gasteiger partial charge in [-0.05, 0) is 35.6 Å². The summed E-state index contributed by atoms with van der Waals surface area (Å²) in [5.74, 6) is -0.343. The van der Waals surface area contributed by atoms with Gasteiger partial charge < -0.3 is 0 Å². The first-order valence-electron chi connectivity index (χ1n) is 2.88. The molecular weight excluding hydrogens is 258 g/mol. The highest BCUT2D eigenvalue weighted by atomic mass is 127. The number of halogens is 2. The van der Waals surface area contributed by atoms with E-state index in [0.29, 0.717) is 3.57 Å². The van der Waals surface area contributed by atoms with Crippen LogP contribution in [0.4, 0.5) is 4.39 Å². The van der Waals surface area contributed by atoms with Gasteiger partial charge in [0.25, 0.3) is 0 Å². The van der Waals surface area contributed by atoms with Gasteiger partial charge in [-0.15, -0.1) is 0 Å². The van der Waals surface area contributed by atoms with Crippen molar-refractivity contribution >= 4 is 22.6 Å². The first-order valence-corrected chi connectivity index (χ1v) is 3.95. The maximum atomic E-state index is 12.9. The summed E-state index contributed by atoms with van der Waals surface area (Å²) < 4.78 is 13.3. The topological polar surface area (TPSA) is 36.7 Å². The summed E-state index contributed by atoms with van der Waals surface area (Å²) in [6.45, 7) is 1.54. The highest BCUT2D eigenvalue weighted by Crippen LogP contribution is 2.13. The standard InChI is InChI=1S/C7H4FIN2/c1-4-7(8)6(9)2-5(3-10)11-4/h2H,1H3. The smallest absolute Gasteiger partial charge is 0.157 e. The Bertz CT molecular complexity index is 307. The van der Waals surface area contributed by atoms with E-state index in [9.17, 15) is 4.39 Å². The molecule has 0 spiro atoms. The minimum absolute atomic E-state index is 0.258. The molecule has 2 nitrogen and oxygen atoms in total. The Morgan fingerprint density at radius 3 is 2.82 bits per heavy atom. The molecule has 0 aliphatic heterocycles. The van der Waals surface area contributed by atoms with Crippen molar-refractivity contribution in [2.45, 2.75) is 6.92 Å². The van der Waals surface area contributed by atoms with Crippen LogP contribution in [0.25, 0.3) is 0 Å². The van der Waals surface area contributed by atoms with E-state index in [1.54, 1.807) is 6.92 Å². The number of hydrogen-bond acceptors (Lipinski definition) is 2. The molecule has 0 unspecified atom stereocenters. The molecule has 0 N–H and O–H groups in total. The minimum atomic E-state index is -0.343. The van der Waals surface area contributed by atoms with Crippen LogP contribution in [0.5, 0.6) is 0 Å². The Hall–Kier alpha value is -0.700. The number of pyridine rings is 1. The van der Waals surface area contributed by atoms with E-state index in [1.807, 2.05) is 28.7 Å². The van der Waals surface area contributed by atoms with Crippen LogP contribution < -0.4 is 0 Å². The molecule has 0 aromatic carbocycles. The fourth-order valence-electron chi connectivity index (χ4n) is 0.676. The first-order chi connectivity index (χ1) is 5.15. The van der Waals surface area contributed by atoms with Crippen LogP contribution >= 0.6 is 22.6 Å². The van der Waals surface area contributed by atoms with Gasteiger partial charge in [0, 0.05) is 0 Å². The lowest BCUT2D eigenvalue weighted by atomic mass is 10.3. The van der Waals surface area contributed by atoms with Crippen LogP contribution in [-0.2, 0) is 0 Å². The monoisotopic (exact) mass is 262 g/mol. The average Bonchev–Trinajstić information content (AvgIpc) is 1.99. The molecule has 0 aliphatic carbocycles. The fraction of sp³-hybridized carbons (Fsp3) is 0.143. The number of nitrogens with zero attached hydrogens (tertiary/aromatic N) is 2. The summed E-state index contributed by atoms with van der Waals surface area (Å²) >= 11 is 1.83. The molecule has 0 atom stereocenters. The Balaban J connectivity index is 3.35. The maximum absolute atomic E-state index is 12.9. The highest BCUT2D eigenvalue weighted by Gasteiger charge is 2.05. The van der Waals surface area contributed by atoms with Gasteiger partial charge in [0.2, 0.25) is 0 Å². The molecular formula is C7H4FIN2. The summed E-state index contributed by atoms with van der Waals surface area (Å²) in [6, 6.07) is 3.27. The summed E-state index contributed by atoms with van der Waals surface area (Å²) in [7, 11) is 0. The van der Waals surface area contributed by atoms with Crippen molar-refractivity contribution < 1.29 is 4.39 Å². The molecule has 0 amide bonds. The lowest BCUT2D eigenvalue weighted by Gasteiger charge is -1.97. The highest BCUT2D eigenvalue weighted by molar-refractivity contribution is 14.1. The Morgan fingerprint density at radius 2 is 2.36 bits per heavy atom. The van der Waals surface area contributed by atoms with Crippen molar-refractivity contribution in [3.05, 3.63) is 26.8 Å². The van der Waals surface area contributed by atoms with Crippen molar-refractivity contribution in [3.63, 3.8) is 0 Å². The number of hydrogen-bond donors (Lipinski definition) is 0. The van der Waals surface area contributed by atoms with Crippen LogP contribution in [0.3, 0.4) is 0 Å². The lowest BCUT2D eigenvalue weighted by Crippen LogP contribution is -1.94. The summed E-state index contributed by atoms with van der Waals surface area (Å²) in [4.78, 5) is 3.71. The van der Waals surface area contributed by atoms with E-state index >= 15 is 0 Å². The molecule has 0 aliphatic rings. The van der Waals surface area contributed by atoms with E-state index in [4.69, 9.17) is 5.26 Å². The van der Waals surface area contributed by atoms with Crippen LogP contribution in [0, 0.1) is 27.6 Å². The maximum Gasteiger partial charge on any atom is 0.157 e. The van der Waals surface area contributed by atoms with E-state index in [2.05, 4.69) is 4.98 Å². The zero-order valence-electron chi connectivity index (χ0n) is 5.73. The van der Waals surface area contributed by atoms with Crippen molar-refractivity contribution in [2.75, 3.05) is 0 Å². The third-order valence-electron chi connectivity index (χ3n) is 1.19. The quantitative estimate of drug-likeness (QED) is 0.670. The third-order valence-corrected chi connectivity index (χ3v) is 1.98. The predicted octanol–water partition coefficient (Wildman–Crippen LogP) is 2.01. The van der Waals surface area contributed by atoms with Gasteiger partial charge in [-0.1, -0.05) is 0 Å². The molecule has 1 aromatic heterocycles. The molecule has 1 heterocycles. The molecule has 0 fully saturated rings. The van der Waals surface area contributed by atoms with E-state index in [1.165, 1.54) is 6.07 Å². The third kappa shape index (κ3) is 1.66. The second kappa shape index (κ2) is 3.13. The van der Waals surface area contributed by atoms with E-state index in [0.717, 1.165) is 0 Å². The van der Waals surface area contributed by atoms with Crippen LogP contribution in [0.15, 0.2) is 6.07 Å². The fourth-order valence-corrected chi connectivity index (χ4v) is 1.36. The van der Waals surface area contributed by atoms with E-state index < -0.39 is 0 Å². The minimum Gasteiger partial charge on any atom is -0.239 e. The molecule has 0 saturated carbocycles. The van der Waals surface area contributed by atoms with Crippen LogP contribution in [0.2, 0.25) is 0 Å². The van der Waals surface area contributed by atoms with Crippen molar-refractivity contribution in [1.82, 2.24) is 4.98 Å². The number of rotatable bonds is 0. The molecule has 4 heteroatoms. The molecule has 0 saturated heterocycles. The Labute approximate surface area is 77.2 Å². The van der Waals surface area contributed by atoms with Gasteiger partial charge in [-0.25, -0.2) is 9.37 Å². The number of nitriles is 1. The zero-order chi connectivity index (χ0) is 8.43. The van der Waals surface area contributed by atoms with Gasteiger partial charge in [0.15, 0.2) is 5.82 Å². The van der Waals surface area contributed by atoms with Crippen LogP contribution in [-0.4, -0.2) is 4.98 Å². The predicted molar refractivity (Wildman–Crippen MR) is 46.4 cm³/mol.